The van der Waals surface area contributed by atoms with Crippen molar-refractivity contribution in [1.29, 1.82) is 0 Å². The van der Waals surface area contributed by atoms with Gasteiger partial charge in [0, 0.05) is 50.6 Å². The molecule has 92 heavy (non-hydrogen) atoms. The molecule has 12 aromatic rings. The molecule has 5 aliphatic rings. The molecular formula is C82H70B3BrN4O2. The number of anilines is 4. The summed E-state index contributed by atoms with van der Waals surface area (Å²) in [6, 6.07) is 99.4. The monoisotopic (exact) mass is 1250 g/mol. The first-order chi connectivity index (χ1) is 44.5. The molecule has 0 radical (unpaired) electrons. The lowest BCUT2D eigenvalue weighted by Crippen LogP contribution is -2.55. The van der Waals surface area contributed by atoms with Gasteiger partial charge in [-0.3, -0.25) is 0 Å². The van der Waals surface area contributed by atoms with Gasteiger partial charge in [-0.2, -0.15) is 0 Å². The van der Waals surface area contributed by atoms with Crippen LogP contribution >= 0.6 is 15.9 Å². The van der Waals surface area contributed by atoms with E-state index in [9.17, 15) is 0 Å². The molecule has 0 N–H and O–H groups in total. The zero-order chi connectivity index (χ0) is 63.1. The van der Waals surface area contributed by atoms with Crippen molar-refractivity contribution in [2.75, 3.05) is 9.62 Å². The van der Waals surface area contributed by atoms with Crippen molar-refractivity contribution < 1.29 is 9.31 Å². The van der Waals surface area contributed by atoms with Crippen LogP contribution in [0.3, 0.4) is 0 Å². The Kier molecular flexibility index (Phi) is 14.8. The Bertz CT molecular complexity index is 4640. The fourth-order valence-electron chi connectivity index (χ4n) is 14.7. The van der Waals surface area contributed by atoms with E-state index in [1.165, 1.54) is 89.3 Å². The summed E-state index contributed by atoms with van der Waals surface area (Å²) in [5.41, 5.74) is 27.4. The largest absolute Gasteiger partial charge is 0.494 e. The molecule has 0 atom stereocenters. The van der Waals surface area contributed by atoms with Crippen LogP contribution in [0.4, 0.5) is 22.7 Å². The van der Waals surface area contributed by atoms with E-state index in [4.69, 9.17) is 14.3 Å². The maximum atomic E-state index is 6.37. The van der Waals surface area contributed by atoms with Crippen molar-refractivity contribution in [3.8, 4) is 78.3 Å². The van der Waals surface area contributed by atoms with E-state index in [0.717, 1.165) is 43.8 Å². The summed E-state index contributed by atoms with van der Waals surface area (Å²) in [6.07, 6.45) is 0. The van der Waals surface area contributed by atoms with E-state index >= 15 is 0 Å². The number of hydrogen-bond donors (Lipinski definition) is 0. The summed E-state index contributed by atoms with van der Waals surface area (Å²) in [5.74, 6) is 0. The van der Waals surface area contributed by atoms with E-state index in [0.29, 0.717) is 0 Å². The van der Waals surface area contributed by atoms with Gasteiger partial charge in [-0.1, -0.05) is 252 Å². The molecule has 10 heteroatoms. The van der Waals surface area contributed by atoms with Crippen molar-refractivity contribution in [1.82, 2.24) is 9.97 Å². The molecular weight excluding hydrogens is 1190 g/mol. The number of rotatable bonds is 6. The van der Waals surface area contributed by atoms with Crippen molar-refractivity contribution in [3.05, 3.63) is 295 Å². The molecule has 0 saturated carbocycles. The lowest BCUT2D eigenvalue weighted by molar-refractivity contribution is 0.00578. The second kappa shape index (κ2) is 23.1. The summed E-state index contributed by atoms with van der Waals surface area (Å²) < 4.78 is 13.6. The van der Waals surface area contributed by atoms with Gasteiger partial charge in [-0.15, -0.1) is 0 Å². The van der Waals surface area contributed by atoms with Crippen LogP contribution in [0.5, 0.6) is 0 Å². The third-order valence-corrected chi connectivity index (χ3v) is 20.4. The molecule has 446 valence electrons. The lowest BCUT2D eigenvalue weighted by Gasteiger charge is -2.38. The van der Waals surface area contributed by atoms with Gasteiger partial charge in [0.05, 0.1) is 28.3 Å². The smallest absolute Gasteiger partial charge is 0.399 e. The number of hydrogen-bond acceptors (Lipinski definition) is 6. The highest BCUT2D eigenvalue weighted by molar-refractivity contribution is 9.10. The number of nitrogens with zero attached hydrogens (tertiary/aromatic N) is 4. The first kappa shape index (κ1) is 59.0. The second-order valence-corrected chi connectivity index (χ2v) is 27.8. The van der Waals surface area contributed by atoms with Gasteiger partial charge in [0.15, 0.2) is 0 Å². The molecule has 0 unspecified atom stereocenters. The molecule has 0 bridgehead atoms. The summed E-state index contributed by atoms with van der Waals surface area (Å²) in [6.45, 7) is 18.4. The maximum absolute atomic E-state index is 6.37. The predicted molar refractivity (Wildman–Crippen MR) is 390 cm³/mol. The van der Waals surface area contributed by atoms with Gasteiger partial charge in [-0.05, 0) is 170 Å². The number of fused-ring (bicyclic) bond motifs is 16. The molecule has 7 heterocycles. The van der Waals surface area contributed by atoms with Gasteiger partial charge in [0.25, 0.3) is 0 Å². The second-order valence-electron chi connectivity index (χ2n) is 26.9. The van der Waals surface area contributed by atoms with Crippen LogP contribution < -0.4 is 26.0 Å². The van der Waals surface area contributed by atoms with Crippen LogP contribution in [-0.2, 0) is 19.9 Å². The fraction of sp³-hybridized carbons (Fsp3) is 0.146. The molecule has 0 aliphatic carbocycles. The average Bonchev–Trinajstić information content (AvgIpc) is 1.54. The minimum Gasteiger partial charge on any atom is -0.399 e. The van der Waals surface area contributed by atoms with Gasteiger partial charge in [-0.25, -0.2) is 9.97 Å². The Morgan fingerprint density at radius 3 is 1.16 bits per heavy atom. The van der Waals surface area contributed by atoms with Crippen LogP contribution in [0.2, 0.25) is 0 Å². The number of aromatic nitrogens is 2. The number of halogens is 1. The Balaban J connectivity index is 0.000000122. The normalized spacial score (nSPS) is 15.8. The maximum Gasteiger partial charge on any atom is 0.494 e. The van der Waals surface area contributed by atoms with Crippen molar-refractivity contribution >= 4 is 75.9 Å². The molecule has 0 amide bonds. The molecule has 17 rings (SSSR count). The summed E-state index contributed by atoms with van der Waals surface area (Å²) in [7, 11) is -0.349. The van der Waals surface area contributed by atoms with Gasteiger partial charge in [0.2, 0.25) is 0 Å². The third-order valence-electron chi connectivity index (χ3n) is 20.0. The van der Waals surface area contributed by atoms with Crippen LogP contribution in [0.15, 0.2) is 284 Å². The van der Waals surface area contributed by atoms with E-state index in [-0.39, 0.29) is 42.6 Å². The molecule has 1 fully saturated rings. The average molecular weight is 1260 g/mol. The van der Waals surface area contributed by atoms with Crippen LogP contribution in [-0.4, -0.2) is 42.0 Å². The van der Waals surface area contributed by atoms with Gasteiger partial charge >= 0.3 is 20.8 Å². The quantitative estimate of drug-likeness (QED) is 0.122. The molecule has 5 aliphatic heterocycles. The number of benzene rings is 10. The van der Waals surface area contributed by atoms with Crippen LogP contribution in [0.25, 0.3) is 78.3 Å². The highest BCUT2D eigenvalue weighted by Gasteiger charge is 2.56. The molecule has 0 spiro atoms. The van der Waals surface area contributed by atoms with E-state index in [1.807, 2.05) is 42.5 Å². The van der Waals surface area contributed by atoms with E-state index < -0.39 is 0 Å². The van der Waals surface area contributed by atoms with Gasteiger partial charge in [0.1, 0.15) is 4.60 Å². The first-order valence-corrected chi connectivity index (χ1v) is 32.8. The van der Waals surface area contributed by atoms with Crippen LogP contribution in [0, 0.1) is 0 Å². The molecule has 10 aromatic carbocycles. The fourth-order valence-corrected chi connectivity index (χ4v) is 15.1. The van der Waals surface area contributed by atoms with Crippen molar-refractivity contribution in [2.24, 2.45) is 0 Å². The summed E-state index contributed by atoms with van der Waals surface area (Å²) in [4.78, 5) is 14.9. The summed E-state index contributed by atoms with van der Waals surface area (Å²) >= 11 is 3.50. The van der Waals surface area contributed by atoms with Crippen LogP contribution in [0.1, 0.15) is 66.5 Å². The van der Waals surface area contributed by atoms with Gasteiger partial charge < -0.3 is 18.9 Å². The minimum absolute atomic E-state index is 0.0708. The van der Waals surface area contributed by atoms with Crippen molar-refractivity contribution in [3.63, 3.8) is 0 Å². The Labute approximate surface area is 551 Å². The van der Waals surface area contributed by atoms with E-state index in [1.54, 1.807) is 0 Å². The standard InChI is InChI=1S/C38H29BN2.C27H29B2NO2.C17H12BrN/c1-38(2)32-23-28(35-25-29(26-13-5-3-6-14-26)24-34(40-35)27-15-7-4-8-16-27)21-22-37(32)41-36-20-12-10-18-31(36)30-17-9-11-19-33(30)39(38)41;1-25(2)21-17-18(29-31-26(3,4)27(5,6)32-29)15-16-24(21)30-23-14-10-8-12-20(23)19-11-7-9-13-22(19)28(25)30;18-17-12-15(13-7-3-1-4-8-13)11-16(19-17)14-9-5-2-6-10-14/h3-25H,1-2H3;7-17H,1-6H3;1-12H. The third kappa shape index (κ3) is 10.2. The topological polar surface area (TPSA) is 50.7 Å². The zero-order valence-corrected chi connectivity index (χ0v) is 54.9. The molecule has 2 aromatic heterocycles. The molecule has 1 saturated heterocycles. The molecule has 6 nitrogen and oxygen atoms in total. The lowest BCUT2D eigenvalue weighted by atomic mass is 9.37. The predicted octanol–water partition coefficient (Wildman–Crippen LogP) is 18.9. The highest BCUT2D eigenvalue weighted by Crippen LogP contribution is 2.54. The SMILES string of the molecule is Brc1cc(-c2ccccc2)cc(-c2ccccc2)n1.CC1(C)B2c3ccccc3-c3ccccc3N2c2ccc(-c3cc(-c4ccccc4)cc(-c4ccccc4)n3)cc21.CC1(C)B2c3ccccc3-c3ccccc3N2c2ccc(B3OC(C)(C)C(C)(C)O3)cc21. The van der Waals surface area contributed by atoms with E-state index in [2.05, 4.69) is 323 Å². The highest BCUT2D eigenvalue weighted by atomic mass is 79.9. The number of para-hydroxylation sites is 2. The summed E-state index contributed by atoms with van der Waals surface area (Å²) in [5, 5.41) is -0.174. The Hall–Kier alpha value is -9.31. The zero-order valence-electron chi connectivity index (χ0n) is 53.3. The Morgan fingerprint density at radius 2 is 0.685 bits per heavy atom. The first-order valence-electron chi connectivity index (χ1n) is 32.1. The van der Waals surface area contributed by atoms with Crippen molar-refractivity contribution in [2.45, 2.75) is 77.2 Å². The Morgan fingerprint density at radius 1 is 0.315 bits per heavy atom. The number of pyridine rings is 2. The minimum atomic E-state index is -0.349.